The first-order valence-electron chi connectivity index (χ1n) is 9.16. The number of rotatable bonds is 2. The molecule has 0 aromatic carbocycles. The molecule has 2 unspecified atom stereocenters. The molecule has 0 amide bonds. The first-order chi connectivity index (χ1) is 12.3. The van der Waals surface area contributed by atoms with E-state index < -0.39 is 11.4 Å². The van der Waals surface area contributed by atoms with Gasteiger partial charge < -0.3 is 14.9 Å². The fourth-order valence-corrected chi connectivity index (χ4v) is 4.28. The summed E-state index contributed by atoms with van der Waals surface area (Å²) < 4.78 is 6.34. The van der Waals surface area contributed by atoms with E-state index >= 15 is 0 Å². The van der Waals surface area contributed by atoms with E-state index in [0.29, 0.717) is 12.0 Å². The van der Waals surface area contributed by atoms with Gasteiger partial charge in [0, 0.05) is 11.8 Å². The van der Waals surface area contributed by atoms with Gasteiger partial charge in [0.05, 0.1) is 5.41 Å². The highest BCUT2D eigenvalue weighted by Gasteiger charge is 2.47. The lowest BCUT2D eigenvalue weighted by atomic mass is 9.63. The van der Waals surface area contributed by atoms with Crippen LogP contribution in [0.3, 0.4) is 0 Å². The number of aliphatic carboxylic acids is 1. The van der Waals surface area contributed by atoms with Crippen LogP contribution in [0.1, 0.15) is 40.0 Å². The van der Waals surface area contributed by atoms with Crippen LogP contribution < -0.4 is 0 Å². The summed E-state index contributed by atoms with van der Waals surface area (Å²) in [5, 5.41) is 19.7. The van der Waals surface area contributed by atoms with Crippen LogP contribution in [0.4, 0.5) is 0 Å². The number of aliphatic hydroxyl groups is 1. The predicted octanol–water partition coefficient (Wildman–Crippen LogP) is 4.74. The number of aliphatic hydroxyl groups excluding tert-OH is 1. The third-order valence-corrected chi connectivity index (χ3v) is 5.74. The molecule has 2 atom stereocenters. The maximum absolute atomic E-state index is 11.7. The topological polar surface area (TPSA) is 66.8 Å². The van der Waals surface area contributed by atoms with Gasteiger partial charge in [0.1, 0.15) is 23.2 Å². The van der Waals surface area contributed by atoms with Crippen LogP contribution in [0.2, 0.25) is 0 Å². The minimum Gasteiger partial charge on any atom is -0.507 e. The van der Waals surface area contributed by atoms with Crippen molar-refractivity contribution in [2.75, 3.05) is 0 Å². The Morgan fingerprint density at radius 2 is 2.08 bits per heavy atom. The van der Waals surface area contributed by atoms with Gasteiger partial charge in [-0.05, 0) is 41.7 Å². The molecule has 2 N–H and O–H groups in total. The number of fused-ring (bicyclic) bond motifs is 1. The van der Waals surface area contributed by atoms with Crippen LogP contribution in [0.5, 0.6) is 0 Å². The van der Waals surface area contributed by atoms with E-state index in [-0.39, 0.29) is 22.9 Å². The molecule has 4 aliphatic rings. The van der Waals surface area contributed by atoms with Crippen molar-refractivity contribution in [1.82, 2.24) is 0 Å². The van der Waals surface area contributed by atoms with E-state index in [1.807, 2.05) is 6.08 Å². The van der Waals surface area contributed by atoms with E-state index in [0.717, 1.165) is 29.7 Å². The van der Waals surface area contributed by atoms with Gasteiger partial charge in [-0.3, -0.25) is 0 Å². The van der Waals surface area contributed by atoms with E-state index in [1.54, 1.807) is 6.08 Å². The van der Waals surface area contributed by atoms with Crippen molar-refractivity contribution in [3.8, 4) is 0 Å². The summed E-state index contributed by atoms with van der Waals surface area (Å²) in [7, 11) is 0. The zero-order valence-electron chi connectivity index (χ0n) is 15.4. The van der Waals surface area contributed by atoms with Gasteiger partial charge in [0.25, 0.3) is 0 Å². The van der Waals surface area contributed by atoms with Crippen molar-refractivity contribution in [2.24, 2.45) is 10.8 Å². The molecule has 0 radical (unpaired) electrons. The summed E-state index contributed by atoms with van der Waals surface area (Å²) in [6, 6.07) is 0. The van der Waals surface area contributed by atoms with Crippen molar-refractivity contribution < 1.29 is 19.7 Å². The Bertz CT molecular complexity index is 876. The smallest absolute Gasteiger partial charge is 0.340 e. The molecule has 4 nitrogen and oxygen atoms in total. The van der Waals surface area contributed by atoms with Crippen LogP contribution in [-0.4, -0.2) is 22.3 Å². The van der Waals surface area contributed by atoms with Gasteiger partial charge in [0.2, 0.25) is 0 Å². The average Bonchev–Trinajstić information content (AvgIpc) is 2.57. The summed E-state index contributed by atoms with van der Waals surface area (Å²) in [6.45, 7) is 6.40. The standard InChI is InChI=1S/C22H24O4/c1-4-15-9-14-10-16-13(5-6-17(23)19(16)20(24)25)11-22(14)8-7-21(2,3)12-18(22)26-15/h6-8,10-12,15,23H,4-5,9H2,1-3H3,(H,24,25). The van der Waals surface area contributed by atoms with E-state index in [1.165, 1.54) is 0 Å². The first kappa shape index (κ1) is 17.0. The highest BCUT2D eigenvalue weighted by atomic mass is 16.5. The zero-order chi connectivity index (χ0) is 18.7. The van der Waals surface area contributed by atoms with Gasteiger partial charge >= 0.3 is 5.97 Å². The van der Waals surface area contributed by atoms with Crippen LogP contribution in [0.25, 0.3) is 0 Å². The van der Waals surface area contributed by atoms with Crippen LogP contribution in [0.15, 0.2) is 70.3 Å². The summed E-state index contributed by atoms with van der Waals surface area (Å²) in [5.41, 5.74) is 2.19. The largest absolute Gasteiger partial charge is 0.507 e. The Kier molecular flexibility index (Phi) is 3.59. The third kappa shape index (κ3) is 2.39. The maximum Gasteiger partial charge on any atom is 0.340 e. The van der Waals surface area contributed by atoms with Crippen LogP contribution >= 0.6 is 0 Å². The number of carboxylic acids is 1. The lowest BCUT2D eigenvalue weighted by molar-refractivity contribution is -0.132. The Labute approximate surface area is 153 Å². The monoisotopic (exact) mass is 352 g/mol. The molecule has 1 spiro atoms. The number of allylic oxidation sites excluding steroid dienone is 7. The third-order valence-electron chi connectivity index (χ3n) is 5.74. The molecule has 4 heteroatoms. The molecule has 26 heavy (non-hydrogen) atoms. The summed E-state index contributed by atoms with van der Waals surface area (Å²) >= 11 is 0. The second-order valence-electron chi connectivity index (χ2n) is 8.11. The Balaban J connectivity index is 1.93. The second-order valence-corrected chi connectivity index (χ2v) is 8.11. The summed E-state index contributed by atoms with van der Waals surface area (Å²) in [4.78, 5) is 11.7. The number of hydrogen-bond donors (Lipinski definition) is 2. The van der Waals surface area contributed by atoms with Gasteiger partial charge in [-0.25, -0.2) is 4.79 Å². The Hall–Kier alpha value is -2.49. The van der Waals surface area contributed by atoms with Gasteiger partial charge in [0.15, 0.2) is 0 Å². The van der Waals surface area contributed by atoms with Crippen molar-refractivity contribution >= 4 is 5.97 Å². The minimum atomic E-state index is -1.10. The van der Waals surface area contributed by atoms with Crippen molar-refractivity contribution in [2.45, 2.75) is 46.1 Å². The molecule has 3 aliphatic carbocycles. The molecule has 1 fully saturated rings. The SMILES string of the molecule is CCC1CC2=CC3=C(C(=O)O)C(O)=CCC3=CC23C=CC(C)(C)C=C3O1. The van der Waals surface area contributed by atoms with Gasteiger partial charge in [-0.2, -0.15) is 0 Å². The van der Waals surface area contributed by atoms with Gasteiger partial charge in [-0.15, -0.1) is 0 Å². The summed E-state index contributed by atoms with van der Waals surface area (Å²) in [6.07, 6.45) is 14.5. The fourth-order valence-electron chi connectivity index (χ4n) is 4.28. The Morgan fingerprint density at radius 3 is 2.77 bits per heavy atom. The molecule has 0 aromatic rings. The van der Waals surface area contributed by atoms with Crippen molar-refractivity contribution in [3.63, 3.8) is 0 Å². The zero-order valence-corrected chi connectivity index (χ0v) is 15.4. The van der Waals surface area contributed by atoms with Crippen molar-refractivity contribution in [3.05, 3.63) is 70.3 Å². The van der Waals surface area contributed by atoms with Gasteiger partial charge in [-0.1, -0.05) is 45.1 Å². The first-order valence-corrected chi connectivity index (χ1v) is 9.16. The molecule has 0 aromatic heterocycles. The second kappa shape index (κ2) is 5.50. The molecule has 0 saturated carbocycles. The summed E-state index contributed by atoms with van der Waals surface area (Å²) in [5.74, 6) is -0.300. The van der Waals surface area contributed by atoms with Crippen LogP contribution in [-0.2, 0) is 9.53 Å². The lowest BCUT2D eigenvalue weighted by Crippen LogP contribution is -2.38. The minimum absolute atomic E-state index is 0.00459. The molecule has 4 rings (SSSR count). The molecule has 0 bridgehead atoms. The predicted molar refractivity (Wildman–Crippen MR) is 99.4 cm³/mol. The number of ether oxygens (including phenoxy) is 1. The molecular weight excluding hydrogens is 328 g/mol. The highest BCUT2D eigenvalue weighted by molar-refractivity contribution is 5.94. The molecule has 1 aliphatic heterocycles. The van der Waals surface area contributed by atoms with Crippen molar-refractivity contribution in [1.29, 1.82) is 0 Å². The average molecular weight is 352 g/mol. The number of carboxylic acid groups (broad SMARTS) is 1. The maximum atomic E-state index is 11.7. The normalized spacial score (nSPS) is 31.4. The van der Waals surface area contributed by atoms with E-state index in [9.17, 15) is 15.0 Å². The molecule has 1 saturated heterocycles. The highest BCUT2D eigenvalue weighted by Crippen LogP contribution is 2.55. The quantitative estimate of drug-likeness (QED) is 0.704. The van der Waals surface area contributed by atoms with E-state index in [2.05, 4.69) is 45.1 Å². The lowest BCUT2D eigenvalue weighted by Gasteiger charge is -2.47. The molecule has 136 valence electrons. The molecular formula is C22H24O4. The number of hydrogen-bond acceptors (Lipinski definition) is 3. The molecule has 1 heterocycles. The number of carbonyl (C=O) groups is 1. The van der Waals surface area contributed by atoms with Crippen LogP contribution in [0, 0.1) is 10.8 Å². The Morgan fingerprint density at radius 1 is 1.31 bits per heavy atom. The van der Waals surface area contributed by atoms with E-state index in [4.69, 9.17) is 4.74 Å². The fraction of sp³-hybridized carbons (Fsp3) is 0.409.